The first-order valence-electron chi connectivity index (χ1n) is 7.43. The number of nitrogens with zero attached hydrogens (tertiary/aromatic N) is 1. The monoisotopic (exact) mass is 288 g/mol. The van der Waals surface area contributed by atoms with Gasteiger partial charge in [0.1, 0.15) is 0 Å². The van der Waals surface area contributed by atoms with Gasteiger partial charge in [0.05, 0.1) is 23.4 Å². The van der Waals surface area contributed by atoms with Gasteiger partial charge >= 0.3 is 5.97 Å². The van der Waals surface area contributed by atoms with Crippen molar-refractivity contribution in [3.8, 4) is 0 Å². The van der Waals surface area contributed by atoms with Gasteiger partial charge in [0.25, 0.3) is 0 Å². The van der Waals surface area contributed by atoms with Gasteiger partial charge in [-0.3, -0.25) is 4.79 Å². The summed E-state index contributed by atoms with van der Waals surface area (Å²) in [6.07, 6.45) is 5.65. The third-order valence-corrected chi connectivity index (χ3v) is 4.86. The number of amides is 1. The number of benzene rings is 1. The van der Waals surface area contributed by atoms with E-state index >= 15 is 0 Å². The molecule has 5 heteroatoms. The number of aromatic carboxylic acids is 1. The van der Waals surface area contributed by atoms with E-state index in [0.717, 1.165) is 25.7 Å². The van der Waals surface area contributed by atoms with Crippen molar-refractivity contribution in [3.63, 3.8) is 0 Å². The van der Waals surface area contributed by atoms with Crippen molar-refractivity contribution in [2.45, 2.75) is 44.1 Å². The molecular weight excluding hydrogens is 268 g/mol. The van der Waals surface area contributed by atoms with Crippen LogP contribution in [0, 0.1) is 0 Å². The van der Waals surface area contributed by atoms with Crippen molar-refractivity contribution in [1.29, 1.82) is 0 Å². The minimum Gasteiger partial charge on any atom is -0.478 e. The number of nitrogens with one attached hydrogen (secondary N) is 1. The normalized spacial score (nSPS) is 20.6. The summed E-state index contributed by atoms with van der Waals surface area (Å²) >= 11 is 0. The Morgan fingerprint density at radius 1 is 1.29 bits per heavy atom. The lowest BCUT2D eigenvalue weighted by Crippen LogP contribution is -2.49. The third kappa shape index (κ3) is 2.26. The quantitative estimate of drug-likeness (QED) is 0.833. The lowest BCUT2D eigenvalue weighted by Gasteiger charge is -2.45. The van der Waals surface area contributed by atoms with Gasteiger partial charge in [-0.05, 0) is 25.0 Å². The van der Waals surface area contributed by atoms with Crippen molar-refractivity contribution in [3.05, 3.63) is 23.8 Å². The molecule has 1 amide bonds. The molecule has 0 atom stereocenters. The maximum atomic E-state index is 12.3. The molecule has 2 aliphatic rings. The fourth-order valence-electron chi connectivity index (χ4n) is 3.75. The molecule has 2 N–H and O–H groups in total. The Hall–Kier alpha value is -2.04. The summed E-state index contributed by atoms with van der Waals surface area (Å²) in [4.78, 5) is 25.8. The van der Waals surface area contributed by atoms with Gasteiger partial charge in [-0.1, -0.05) is 25.3 Å². The molecule has 0 saturated heterocycles. The van der Waals surface area contributed by atoms with E-state index in [1.807, 2.05) is 11.9 Å². The van der Waals surface area contributed by atoms with E-state index < -0.39 is 5.97 Å². The van der Waals surface area contributed by atoms with Gasteiger partial charge < -0.3 is 15.3 Å². The Morgan fingerprint density at radius 2 is 2.00 bits per heavy atom. The van der Waals surface area contributed by atoms with Crippen LogP contribution in [0.15, 0.2) is 18.2 Å². The zero-order chi connectivity index (χ0) is 15.0. The van der Waals surface area contributed by atoms with Gasteiger partial charge in [0.2, 0.25) is 5.91 Å². The van der Waals surface area contributed by atoms with Crippen LogP contribution in [0.2, 0.25) is 0 Å². The highest BCUT2D eigenvalue weighted by atomic mass is 16.4. The van der Waals surface area contributed by atoms with Crippen molar-refractivity contribution in [2.24, 2.45) is 0 Å². The van der Waals surface area contributed by atoms with E-state index in [0.29, 0.717) is 17.8 Å². The molecule has 1 heterocycles. The summed E-state index contributed by atoms with van der Waals surface area (Å²) in [6.45, 7) is 0. The van der Waals surface area contributed by atoms with E-state index in [2.05, 4.69) is 5.32 Å². The minimum atomic E-state index is -0.958. The molecule has 5 nitrogen and oxygen atoms in total. The number of carboxylic acid groups (broad SMARTS) is 1. The third-order valence-electron chi connectivity index (χ3n) is 4.86. The Labute approximate surface area is 123 Å². The van der Waals surface area contributed by atoms with Crippen LogP contribution in [0.1, 0.15) is 48.9 Å². The first-order chi connectivity index (χ1) is 10.0. The number of fused-ring (bicyclic) bond motifs is 1. The number of carbonyl (C=O) groups excluding carboxylic acids is 1. The van der Waals surface area contributed by atoms with Gasteiger partial charge in [0, 0.05) is 12.6 Å². The van der Waals surface area contributed by atoms with Gasteiger partial charge in [-0.2, -0.15) is 0 Å². The van der Waals surface area contributed by atoms with Gasteiger partial charge in [0.15, 0.2) is 0 Å². The summed E-state index contributed by atoms with van der Waals surface area (Å²) in [7, 11) is 1.93. The van der Waals surface area contributed by atoms with Gasteiger partial charge in [-0.15, -0.1) is 0 Å². The molecule has 1 aromatic carbocycles. The Bertz CT molecular complexity index is 591. The predicted molar refractivity (Wildman–Crippen MR) is 80.9 cm³/mol. The highest BCUT2D eigenvalue weighted by Gasteiger charge is 2.42. The second kappa shape index (κ2) is 5.06. The second-order valence-corrected chi connectivity index (χ2v) is 6.08. The minimum absolute atomic E-state index is 0.0231. The van der Waals surface area contributed by atoms with Crippen LogP contribution in [0.4, 0.5) is 11.4 Å². The lowest BCUT2D eigenvalue weighted by atomic mass is 9.77. The largest absolute Gasteiger partial charge is 0.478 e. The smallest absolute Gasteiger partial charge is 0.337 e. The maximum absolute atomic E-state index is 12.3. The fourth-order valence-corrected chi connectivity index (χ4v) is 3.75. The molecule has 0 aromatic heterocycles. The Morgan fingerprint density at radius 3 is 2.67 bits per heavy atom. The molecule has 112 valence electrons. The fraction of sp³-hybridized carbons (Fsp3) is 0.500. The zero-order valence-electron chi connectivity index (χ0n) is 12.2. The predicted octanol–water partition coefficient (Wildman–Crippen LogP) is 2.87. The van der Waals surface area contributed by atoms with Crippen LogP contribution in [0.3, 0.4) is 0 Å². The number of hydrogen-bond donors (Lipinski definition) is 2. The standard InChI is InChI=1S/C16H20N2O3/c1-18-14-11(15(20)21)6-5-7-12(14)17-13(19)10-16(18)8-3-2-4-9-16/h5-7H,2-4,8-10H2,1H3,(H,17,19)(H,20,21). The molecule has 1 fully saturated rings. The van der Waals surface area contributed by atoms with E-state index in [-0.39, 0.29) is 17.0 Å². The topological polar surface area (TPSA) is 69.6 Å². The second-order valence-electron chi connectivity index (χ2n) is 6.08. The summed E-state index contributed by atoms with van der Waals surface area (Å²) in [5, 5.41) is 12.3. The number of rotatable bonds is 1. The van der Waals surface area contributed by atoms with Crippen molar-refractivity contribution in [2.75, 3.05) is 17.3 Å². The first kappa shape index (κ1) is 13.9. The molecule has 1 aliphatic heterocycles. The van der Waals surface area contributed by atoms with Crippen LogP contribution in [0.5, 0.6) is 0 Å². The number of carboxylic acids is 1. The highest BCUT2D eigenvalue weighted by Crippen LogP contribution is 2.44. The van der Waals surface area contributed by atoms with Crippen LogP contribution < -0.4 is 10.2 Å². The van der Waals surface area contributed by atoms with Gasteiger partial charge in [-0.25, -0.2) is 4.79 Å². The maximum Gasteiger partial charge on any atom is 0.337 e. The first-order valence-corrected chi connectivity index (χ1v) is 7.43. The molecule has 1 aromatic rings. The molecule has 1 spiro atoms. The molecule has 0 radical (unpaired) electrons. The Balaban J connectivity index is 2.15. The van der Waals surface area contributed by atoms with Crippen LogP contribution in [-0.4, -0.2) is 29.6 Å². The van der Waals surface area contributed by atoms with Crippen LogP contribution in [0.25, 0.3) is 0 Å². The molecule has 1 saturated carbocycles. The molecule has 21 heavy (non-hydrogen) atoms. The van der Waals surface area contributed by atoms with E-state index in [1.165, 1.54) is 6.42 Å². The van der Waals surface area contributed by atoms with Crippen LogP contribution >= 0.6 is 0 Å². The number of anilines is 2. The zero-order valence-corrected chi connectivity index (χ0v) is 12.2. The summed E-state index contributed by atoms with van der Waals surface area (Å²) < 4.78 is 0. The summed E-state index contributed by atoms with van der Waals surface area (Å²) in [6, 6.07) is 5.05. The van der Waals surface area contributed by atoms with E-state index in [4.69, 9.17) is 0 Å². The SMILES string of the molecule is CN1c2c(cccc2C(=O)O)NC(=O)CC12CCCCC2. The number of para-hydroxylation sites is 1. The molecule has 0 bridgehead atoms. The van der Waals surface area contributed by atoms with E-state index in [9.17, 15) is 14.7 Å². The van der Waals surface area contributed by atoms with Crippen molar-refractivity contribution < 1.29 is 14.7 Å². The van der Waals surface area contributed by atoms with Crippen molar-refractivity contribution in [1.82, 2.24) is 0 Å². The highest BCUT2D eigenvalue weighted by molar-refractivity contribution is 6.04. The average molecular weight is 288 g/mol. The summed E-state index contributed by atoms with van der Waals surface area (Å²) in [5.41, 5.74) is 1.24. The molecule has 1 aliphatic carbocycles. The van der Waals surface area contributed by atoms with E-state index in [1.54, 1.807) is 18.2 Å². The number of hydrogen-bond acceptors (Lipinski definition) is 3. The van der Waals surface area contributed by atoms with Crippen LogP contribution in [-0.2, 0) is 4.79 Å². The molecular formula is C16H20N2O3. The average Bonchev–Trinajstić information content (AvgIpc) is 2.55. The lowest BCUT2D eigenvalue weighted by molar-refractivity contribution is -0.117. The summed E-state index contributed by atoms with van der Waals surface area (Å²) in [5.74, 6) is -0.981. The molecule has 3 rings (SSSR count). The van der Waals surface area contributed by atoms with Crippen molar-refractivity contribution >= 4 is 23.3 Å². The molecule has 0 unspecified atom stereocenters. The number of carbonyl (C=O) groups is 2. The Kier molecular flexibility index (Phi) is 3.35.